The van der Waals surface area contributed by atoms with Gasteiger partial charge in [0, 0.05) is 10.0 Å². The summed E-state index contributed by atoms with van der Waals surface area (Å²) in [5, 5.41) is 10.4. The molecule has 2 aromatic carbocycles. The first-order valence-electron chi connectivity index (χ1n) is 7.48. The fourth-order valence-electron chi connectivity index (χ4n) is 2.62. The predicted octanol–water partition coefficient (Wildman–Crippen LogP) is 4.16. The first-order valence-corrected chi connectivity index (χ1v) is 8.28. The lowest BCUT2D eigenvalue weighted by Crippen LogP contribution is -2.03. The molecule has 0 radical (unpaired) electrons. The second-order valence-corrected chi connectivity index (χ2v) is 6.24. The predicted molar refractivity (Wildman–Crippen MR) is 88.5 cm³/mol. The maximum atomic E-state index is 10.4. The molecule has 22 heavy (non-hydrogen) atoms. The smallest absolute Gasteiger partial charge is 0.184 e. The lowest BCUT2D eigenvalue weighted by atomic mass is 9.99. The van der Waals surface area contributed by atoms with E-state index in [2.05, 4.69) is 22.0 Å². The number of ether oxygens (including phenoxy) is 2. The molecule has 0 aromatic heterocycles. The van der Waals surface area contributed by atoms with Gasteiger partial charge >= 0.3 is 0 Å². The topological polar surface area (TPSA) is 38.7 Å². The lowest BCUT2D eigenvalue weighted by Gasteiger charge is -2.15. The van der Waals surface area contributed by atoms with Gasteiger partial charge in [0.05, 0.1) is 19.3 Å². The number of rotatable bonds is 5. The van der Waals surface area contributed by atoms with Crippen LogP contribution in [0, 0.1) is 0 Å². The Labute approximate surface area is 139 Å². The molecule has 0 unspecified atom stereocenters. The minimum atomic E-state index is -0.492. The van der Waals surface area contributed by atoms with Crippen molar-refractivity contribution in [3.05, 3.63) is 69.7 Å². The normalized spacial score (nSPS) is 16.8. The number of benzene rings is 2. The summed E-state index contributed by atoms with van der Waals surface area (Å²) in [4.78, 5) is 0. The van der Waals surface area contributed by atoms with Gasteiger partial charge in [-0.15, -0.1) is 0 Å². The Bertz CT molecular complexity index is 623. The van der Waals surface area contributed by atoms with Gasteiger partial charge in [-0.05, 0) is 36.1 Å². The van der Waals surface area contributed by atoms with Crippen molar-refractivity contribution in [3.63, 3.8) is 0 Å². The van der Waals surface area contributed by atoms with E-state index >= 15 is 0 Å². The van der Waals surface area contributed by atoms with Crippen LogP contribution in [0.15, 0.2) is 53.0 Å². The minimum Gasteiger partial charge on any atom is -0.388 e. The average Bonchev–Trinajstić information content (AvgIpc) is 3.08. The highest BCUT2D eigenvalue weighted by molar-refractivity contribution is 9.10. The van der Waals surface area contributed by atoms with Crippen LogP contribution in [0.25, 0.3) is 0 Å². The Kier molecular flexibility index (Phi) is 5.26. The van der Waals surface area contributed by atoms with E-state index in [1.807, 2.05) is 42.5 Å². The highest BCUT2D eigenvalue weighted by Gasteiger charge is 2.19. The second kappa shape index (κ2) is 7.38. The Morgan fingerprint density at radius 1 is 1.09 bits per heavy atom. The van der Waals surface area contributed by atoms with Gasteiger partial charge in [-0.25, -0.2) is 0 Å². The van der Waals surface area contributed by atoms with Gasteiger partial charge in [0.15, 0.2) is 6.29 Å². The molecule has 1 fully saturated rings. The number of halogens is 1. The third-order valence-electron chi connectivity index (χ3n) is 3.83. The van der Waals surface area contributed by atoms with E-state index in [-0.39, 0.29) is 6.29 Å². The van der Waals surface area contributed by atoms with E-state index in [4.69, 9.17) is 9.47 Å². The fourth-order valence-corrected chi connectivity index (χ4v) is 3.11. The standard InChI is InChI=1S/C18H19BrO3/c19-16-7-2-1-4-13(16)8-9-17(20)14-5-3-6-15(12-14)18-21-10-11-22-18/h1-7,12,17-18,20H,8-11H2/t17-/m0/s1. The summed E-state index contributed by atoms with van der Waals surface area (Å²) in [6, 6.07) is 15.9. The van der Waals surface area contributed by atoms with E-state index in [9.17, 15) is 5.11 Å². The zero-order chi connectivity index (χ0) is 15.4. The Balaban J connectivity index is 1.65. The summed E-state index contributed by atoms with van der Waals surface area (Å²) in [6.45, 7) is 1.25. The molecule has 3 nitrogen and oxygen atoms in total. The van der Waals surface area contributed by atoms with Gasteiger partial charge in [0.1, 0.15) is 0 Å². The average molecular weight is 363 g/mol. The summed E-state index contributed by atoms with van der Waals surface area (Å²) < 4.78 is 12.1. The van der Waals surface area contributed by atoms with Crippen molar-refractivity contribution < 1.29 is 14.6 Å². The zero-order valence-corrected chi connectivity index (χ0v) is 13.8. The van der Waals surface area contributed by atoms with Crippen LogP contribution in [0.2, 0.25) is 0 Å². The third-order valence-corrected chi connectivity index (χ3v) is 4.61. The molecule has 1 saturated heterocycles. The maximum absolute atomic E-state index is 10.4. The fraction of sp³-hybridized carbons (Fsp3) is 0.333. The van der Waals surface area contributed by atoms with Crippen molar-refractivity contribution in [1.29, 1.82) is 0 Å². The quantitative estimate of drug-likeness (QED) is 0.867. The van der Waals surface area contributed by atoms with Gasteiger partial charge < -0.3 is 14.6 Å². The van der Waals surface area contributed by atoms with Crippen LogP contribution >= 0.6 is 15.9 Å². The molecule has 2 aromatic rings. The van der Waals surface area contributed by atoms with Crippen LogP contribution in [-0.2, 0) is 15.9 Å². The molecule has 1 heterocycles. The molecule has 0 bridgehead atoms. The van der Waals surface area contributed by atoms with Crippen molar-refractivity contribution in [3.8, 4) is 0 Å². The SMILES string of the molecule is O[C@@H](CCc1ccccc1Br)c1cccc(C2OCCO2)c1. The number of hydrogen-bond acceptors (Lipinski definition) is 3. The molecule has 1 aliphatic heterocycles. The van der Waals surface area contributed by atoms with Crippen LogP contribution in [0.1, 0.15) is 35.5 Å². The maximum Gasteiger partial charge on any atom is 0.184 e. The Morgan fingerprint density at radius 2 is 1.86 bits per heavy atom. The van der Waals surface area contributed by atoms with Gasteiger partial charge in [-0.3, -0.25) is 0 Å². The van der Waals surface area contributed by atoms with Crippen LogP contribution in [0.4, 0.5) is 0 Å². The third kappa shape index (κ3) is 3.76. The van der Waals surface area contributed by atoms with Crippen molar-refractivity contribution in [2.45, 2.75) is 25.2 Å². The Hall–Kier alpha value is -1.20. The largest absolute Gasteiger partial charge is 0.388 e. The minimum absolute atomic E-state index is 0.296. The number of aliphatic hydroxyl groups excluding tert-OH is 1. The summed E-state index contributed by atoms with van der Waals surface area (Å²) >= 11 is 3.54. The highest BCUT2D eigenvalue weighted by atomic mass is 79.9. The van der Waals surface area contributed by atoms with E-state index in [1.54, 1.807) is 0 Å². The zero-order valence-electron chi connectivity index (χ0n) is 12.2. The Morgan fingerprint density at radius 3 is 2.64 bits per heavy atom. The van der Waals surface area contributed by atoms with Crippen LogP contribution in [0.5, 0.6) is 0 Å². The van der Waals surface area contributed by atoms with E-state index in [0.717, 1.165) is 22.0 Å². The monoisotopic (exact) mass is 362 g/mol. The summed E-state index contributed by atoms with van der Waals surface area (Å²) in [5.41, 5.74) is 3.08. The van der Waals surface area contributed by atoms with E-state index < -0.39 is 6.10 Å². The van der Waals surface area contributed by atoms with Gasteiger partial charge in [0.25, 0.3) is 0 Å². The number of aliphatic hydroxyl groups is 1. The molecule has 3 rings (SSSR count). The first-order chi connectivity index (χ1) is 10.7. The van der Waals surface area contributed by atoms with Crippen molar-refractivity contribution in [2.24, 2.45) is 0 Å². The highest BCUT2D eigenvalue weighted by Crippen LogP contribution is 2.28. The van der Waals surface area contributed by atoms with E-state index in [0.29, 0.717) is 19.6 Å². The van der Waals surface area contributed by atoms with Gasteiger partial charge in [-0.2, -0.15) is 0 Å². The molecule has 0 amide bonds. The van der Waals surface area contributed by atoms with E-state index in [1.165, 1.54) is 5.56 Å². The first kappa shape index (κ1) is 15.7. The molecule has 1 N–H and O–H groups in total. The summed E-state index contributed by atoms with van der Waals surface area (Å²) in [5.74, 6) is 0. The summed E-state index contributed by atoms with van der Waals surface area (Å²) in [7, 11) is 0. The van der Waals surface area contributed by atoms with Crippen LogP contribution < -0.4 is 0 Å². The van der Waals surface area contributed by atoms with Crippen LogP contribution in [0.3, 0.4) is 0 Å². The van der Waals surface area contributed by atoms with Crippen LogP contribution in [-0.4, -0.2) is 18.3 Å². The second-order valence-electron chi connectivity index (χ2n) is 5.39. The molecule has 0 aliphatic carbocycles. The van der Waals surface area contributed by atoms with Crippen molar-refractivity contribution >= 4 is 15.9 Å². The molecule has 0 spiro atoms. The molecule has 1 atom stereocenters. The number of aryl methyl sites for hydroxylation is 1. The van der Waals surface area contributed by atoms with Gasteiger partial charge in [-0.1, -0.05) is 52.3 Å². The summed E-state index contributed by atoms with van der Waals surface area (Å²) in [6.07, 6.45) is 0.714. The molecular formula is C18H19BrO3. The van der Waals surface area contributed by atoms with Crippen molar-refractivity contribution in [1.82, 2.24) is 0 Å². The van der Waals surface area contributed by atoms with Gasteiger partial charge in [0.2, 0.25) is 0 Å². The lowest BCUT2D eigenvalue weighted by molar-refractivity contribution is -0.0442. The molecular weight excluding hydrogens is 344 g/mol. The molecule has 1 aliphatic rings. The molecule has 116 valence electrons. The molecule has 0 saturated carbocycles. The van der Waals surface area contributed by atoms with Crippen molar-refractivity contribution in [2.75, 3.05) is 13.2 Å². The molecule has 4 heteroatoms. The number of hydrogen-bond donors (Lipinski definition) is 1.